The lowest BCUT2D eigenvalue weighted by atomic mass is 9.77. The molecule has 2 saturated heterocycles. The predicted octanol–water partition coefficient (Wildman–Crippen LogP) is 0.891. The lowest BCUT2D eigenvalue weighted by Gasteiger charge is -2.33. The molecule has 24 heavy (non-hydrogen) atoms. The Morgan fingerprint density at radius 3 is 2.83 bits per heavy atom. The zero-order chi connectivity index (χ0) is 17.2. The maximum atomic E-state index is 12.7. The van der Waals surface area contributed by atoms with Gasteiger partial charge in [0.15, 0.2) is 0 Å². The number of likely N-dealkylation sites (tertiary alicyclic amines) is 1. The Morgan fingerprint density at radius 1 is 1.42 bits per heavy atom. The number of rotatable bonds is 5. The first-order valence-electron chi connectivity index (χ1n) is 8.78. The van der Waals surface area contributed by atoms with Gasteiger partial charge in [0.2, 0.25) is 5.91 Å². The largest absolute Gasteiger partial charge is 0.480 e. The maximum Gasteiger partial charge on any atom is 0.326 e. The van der Waals surface area contributed by atoms with Crippen molar-refractivity contribution in [3.63, 3.8) is 0 Å². The number of piperidine rings is 1. The first-order chi connectivity index (χ1) is 11.5. The van der Waals surface area contributed by atoms with E-state index in [1.165, 1.54) is 0 Å². The third-order valence-corrected chi connectivity index (χ3v) is 5.46. The number of aliphatic carboxylic acids is 1. The predicted molar refractivity (Wildman–Crippen MR) is 88.5 cm³/mol. The fourth-order valence-corrected chi connectivity index (χ4v) is 4.08. The first kappa shape index (κ1) is 17.0. The van der Waals surface area contributed by atoms with Gasteiger partial charge in [-0.1, -0.05) is 6.92 Å². The Kier molecular flexibility index (Phi) is 4.89. The van der Waals surface area contributed by atoms with Crippen molar-refractivity contribution in [2.24, 2.45) is 5.41 Å². The number of hydrogen-bond donors (Lipinski definition) is 2. The Labute approximate surface area is 142 Å². The van der Waals surface area contributed by atoms with Crippen LogP contribution in [0.4, 0.5) is 0 Å². The van der Waals surface area contributed by atoms with Crippen LogP contribution in [0.2, 0.25) is 0 Å². The molecule has 3 heterocycles. The van der Waals surface area contributed by atoms with Crippen LogP contribution in [0.3, 0.4) is 0 Å². The summed E-state index contributed by atoms with van der Waals surface area (Å²) in [7, 11) is 0. The summed E-state index contributed by atoms with van der Waals surface area (Å²) in [5.41, 5.74) is -0.0203. The number of carboxylic acids is 1. The third-order valence-electron chi connectivity index (χ3n) is 5.46. The maximum absolute atomic E-state index is 12.7. The average molecular weight is 334 g/mol. The summed E-state index contributed by atoms with van der Waals surface area (Å²) in [6.45, 7) is 4.98. The van der Waals surface area contributed by atoms with Crippen LogP contribution < -0.4 is 5.32 Å². The molecule has 1 aromatic rings. The van der Waals surface area contributed by atoms with E-state index in [9.17, 15) is 14.7 Å². The molecule has 0 radical (unpaired) electrons. The smallest absolute Gasteiger partial charge is 0.326 e. The van der Waals surface area contributed by atoms with Gasteiger partial charge in [-0.25, -0.2) is 9.78 Å². The third kappa shape index (κ3) is 3.31. The fraction of sp³-hybridized carbons (Fsp3) is 0.706. The van der Waals surface area contributed by atoms with Gasteiger partial charge >= 0.3 is 5.97 Å². The SMILES string of the molecule is CCc1nccn1CCC(=O)N1CC2(CCNCC2)CC1C(=O)O. The molecule has 1 amide bonds. The van der Waals surface area contributed by atoms with E-state index in [4.69, 9.17) is 0 Å². The van der Waals surface area contributed by atoms with E-state index in [1.807, 2.05) is 17.7 Å². The number of nitrogens with one attached hydrogen (secondary N) is 1. The Morgan fingerprint density at radius 2 is 2.17 bits per heavy atom. The minimum atomic E-state index is -0.879. The van der Waals surface area contributed by atoms with Crippen LogP contribution >= 0.6 is 0 Å². The molecule has 0 saturated carbocycles. The van der Waals surface area contributed by atoms with E-state index in [-0.39, 0.29) is 11.3 Å². The molecule has 0 bridgehead atoms. The van der Waals surface area contributed by atoms with Crippen LogP contribution in [-0.2, 0) is 22.6 Å². The molecule has 1 unspecified atom stereocenters. The van der Waals surface area contributed by atoms with E-state index in [0.29, 0.717) is 25.9 Å². The molecule has 1 aromatic heterocycles. The fourth-order valence-electron chi connectivity index (χ4n) is 4.08. The second-order valence-electron chi connectivity index (χ2n) is 6.97. The number of nitrogens with zero attached hydrogens (tertiary/aromatic N) is 3. The Bertz CT molecular complexity index is 607. The molecule has 7 nitrogen and oxygen atoms in total. The molecular weight excluding hydrogens is 308 g/mol. The van der Waals surface area contributed by atoms with Crippen LogP contribution in [0.5, 0.6) is 0 Å². The summed E-state index contributed by atoms with van der Waals surface area (Å²) in [5, 5.41) is 12.9. The van der Waals surface area contributed by atoms with Gasteiger partial charge in [0.1, 0.15) is 11.9 Å². The molecule has 1 spiro atoms. The quantitative estimate of drug-likeness (QED) is 0.835. The Hall–Kier alpha value is -1.89. The van der Waals surface area contributed by atoms with Gasteiger partial charge in [-0.05, 0) is 37.8 Å². The zero-order valence-electron chi connectivity index (χ0n) is 14.2. The molecule has 2 fully saturated rings. The van der Waals surface area contributed by atoms with Crippen molar-refractivity contribution in [3.8, 4) is 0 Å². The van der Waals surface area contributed by atoms with Crippen molar-refractivity contribution in [1.82, 2.24) is 19.8 Å². The van der Waals surface area contributed by atoms with Gasteiger partial charge in [-0.15, -0.1) is 0 Å². The molecule has 1 atom stereocenters. The molecular formula is C17H26N4O3. The van der Waals surface area contributed by atoms with Crippen molar-refractivity contribution in [2.45, 2.75) is 51.6 Å². The summed E-state index contributed by atoms with van der Waals surface area (Å²) < 4.78 is 1.98. The number of carbonyl (C=O) groups is 2. The van der Waals surface area contributed by atoms with Crippen LogP contribution in [0.25, 0.3) is 0 Å². The van der Waals surface area contributed by atoms with Gasteiger partial charge < -0.3 is 19.9 Å². The molecule has 7 heteroatoms. The molecule has 2 aliphatic heterocycles. The topological polar surface area (TPSA) is 87.5 Å². The first-order valence-corrected chi connectivity index (χ1v) is 8.78. The van der Waals surface area contributed by atoms with Crippen LogP contribution in [0, 0.1) is 5.41 Å². The minimum absolute atomic E-state index is 0.0203. The Balaban J connectivity index is 1.66. The van der Waals surface area contributed by atoms with E-state index < -0.39 is 12.0 Å². The van der Waals surface area contributed by atoms with Gasteiger partial charge in [0.25, 0.3) is 0 Å². The standard InChI is InChI=1S/C17H26N4O3/c1-2-14-19-8-10-20(14)9-3-15(22)21-12-17(4-6-18-7-5-17)11-13(21)16(23)24/h8,10,13,18H,2-7,9,11-12H2,1H3,(H,23,24). The summed E-state index contributed by atoms with van der Waals surface area (Å²) >= 11 is 0. The van der Waals surface area contributed by atoms with Gasteiger partial charge in [-0.2, -0.15) is 0 Å². The highest BCUT2D eigenvalue weighted by Crippen LogP contribution is 2.42. The second kappa shape index (κ2) is 6.93. The van der Waals surface area contributed by atoms with E-state index in [0.717, 1.165) is 38.2 Å². The average Bonchev–Trinajstić information content (AvgIpc) is 3.18. The van der Waals surface area contributed by atoms with E-state index >= 15 is 0 Å². The van der Waals surface area contributed by atoms with Crippen molar-refractivity contribution < 1.29 is 14.7 Å². The number of aromatic nitrogens is 2. The van der Waals surface area contributed by atoms with E-state index in [2.05, 4.69) is 10.3 Å². The van der Waals surface area contributed by atoms with Crippen LogP contribution in [0.1, 0.15) is 38.4 Å². The monoisotopic (exact) mass is 334 g/mol. The highest BCUT2D eigenvalue weighted by atomic mass is 16.4. The zero-order valence-corrected chi connectivity index (χ0v) is 14.2. The summed E-state index contributed by atoms with van der Waals surface area (Å²) in [6.07, 6.45) is 7.23. The lowest BCUT2D eigenvalue weighted by molar-refractivity contribution is -0.148. The normalized spacial score (nSPS) is 22.9. The second-order valence-corrected chi connectivity index (χ2v) is 6.97. The summed E-state index contributed by atoms with van der Waals surface area (Å²) in [6, 6.07) is -0.677. The van der Waals surface area contributed by atoms with Crippen molar-refractivity contribution in [3.05, 3.63) is 18.2 Å². The highest BCUT2D eigenvalue weighted by molar-refractivity contribution is 5.84. The summed E-state index contributed by atoms with van der Waals surface area (Å²) in [5.74, 6) is 0.0121. The van der Waals surface area contributed by atoms with Gasteiger partial charge in [-0.3, -0.25) is 4.79 Å². The van der Waals surface area contributed by atoms with Crippen molar-refractivity contribution in [2.75, 3.05) is 19.6 Å². The highest BCUT2D eigenvalue weighted by Gasteiger charge is 2.48. The van der Waals surface area contributed by atoms with Crippen LogP contribution in [0.15, 0.2) is 12.4 Å². The lowest BCUT2D eigenvalue weighted by Crippen LogP contribution is -2.42. The molecule has 132 valence electrons. The number of hydrogen-bond acceptors (Lipinski definition) is 4. The van der Waals surface area contributed by atoms with Gasteiger partial charge in [0.05, 0.1) is 0 Å². The molecule has 2 aliphatic rings. The molecule has 0 aromatic carbocycles. The van der Waals surface area contributed by atoms with Crippen molar-refractivity contribution in [1.29, 1.82) is 0 Å². The number of amides is 1. The minimum Gasteiger partial charge on any atom is -0.480 e. The number of carbonyl (C=O) groups excluding carboxylic acids is 1. The summed E-state index contributed by atoms with van der Waals surface area (Å²) in [4.78, 5) is 30.2. The van der Waals surface area contributed by atoms with Crippen molar-refractivity contribution >= 4 is 11.9 Å². The van der Waals surface area contributed by atoms with Gasteiger partial charge in [0, 0.05) is 38.3 Å². The number of imidazole rings is 1. The van der Waals surface area contributed by atoms with E-state index in [1.54, 1.807) is 11.1 Å². The van der Waals surface area contributed by atoms with Crippen LogP contribution in [-0.4, -0.2) is 57.1 Å². The molecule has 0 aliphatic carbocycles. The number of carboxylic acid groups (broad SMARTS) is 1. The molecule has 2 N–H and O–H groups in total. The number of aryl methyl sites for hydroxylation is 2. The molecule has 3 rings (SSSR count).